The molecule has 0 atom stereocenters. The van der Waals surface area contributed by atoms with Gasteiger partial charge in [0.1, 0.15) is 5.78 Å². The van der Waals surface area contributed by atoms with Crippen LogP contribution in [0.15, 0.2) is 11.8 Å². The first kappa shape index (κ1) is 17.3. The van der Waals surface area contributed by atoms with E-state index < -0.39 is 0 Å². The van der Waals surface area contributed by atoms with E-state index in [1.54, 1.807) is 19.1 Å². The van der Waals surface area contributed by atoms with Gasteiger partial charge in [-0.05, 0) is 13.8 Å². The number of rotatable bonds is 1. The van der Waals surface area contributed by atoms with E-state index in [1.165, 1.54) is 13.0 Å². The number of nitrogens with two attached hydrogens (primary N) is 1. The Labute approximate surface area is 79.3 Å². The largest absolute Gasteiger partial charge is 0.402 e. The number of carbonyl (C=O) groups excluding carboxylic acids is 1. The van der Waals surface area contributed by atoms with E-state index in [1.807, 2.05) is 0 Å². The number of hydrogen-bond acceptors (Lipinski definition) is 4. The summed E-state index contributed by atoms with van der Waals surface area (Å²) in [5, 5.41) is 15.6. The third-order valence-corrected chi connectivity index (χ3v) is 0.620. The van der Waals surface area contributed by atoms with Gasteiger partial charge < -0.3 is 5.73 Å². The van der Waals surface area contributed by atoms with Crippen LogP contribution in [0.5, 0.6) is 0 Å². The van der Waals surface area contributed by atoms with Crippen LogP contribution in [0.3, 0.4) is 0 Å². The van der Waals surface area contributed by atoms with Crippen LogP contribution in [0.1, 0.15) is 27.7 Å². The zero-order valence-electron chi connectivity index (χ0n) is 7.16. The maximum absolute atomic E-state index is 9.82. The minimum atomic E-state index is -0.0718. The number of allylic oxidation sites excluding steroid dienone is 2. The summed E-state index contributed by atoms with van der Waals surface area (Å²) in [6, 6.07) is 3.50. The van der Waals surface area contributed by atoms with E-state index in [0.717, 1.165) is 0 Å². The lowest BCUT2D eigenvalue weighted by Gasteiger charge is -1.74. The maximum Gasteiger partial charge on any atom is 0.143 e. The summed E-state index contributed by atoms with van der Waals surface area (Å²) < 4.78 is 0. The van der Waals surface area contributed by atoms with Gasteiger partial charge in [-0.2, -0.15) is 10.5 Å². The average Bonchev–Trinajstić information content (AvgIpc) is 1.87. The van der Waals surface area contributed by atoms with Gasteiger partial charge in [-0.15, -0.1) is 0 Å². The molecule has 72 valence electrons. The van der Waals surface area contributed by atoms with Crippen molar-refractivity contribution in [1.82, 2.24) is 0 Å². The molecule has 0 unspecified atom stereocenters. The molecule has 2 N–H and O–H groups in total. The Balaban J connectivity index is -0.000000143. The van der Waals surface area contributed by atoms with Gasteiger partial charge in [-0.25, -0.2) is 0 Å². The molecule has 0 rings (SSSR count). The highest BCUT2D eigenvalue weighted by Gasteiger charge is 1.83. The van der Waals surface area contributed by atoms with Gasteiger partial charge in [-0.1, -0.05) is 7.43 Å². The van der Waals surface area contributed by atoms with E-state index in [2.05, 4.69) is 0 Å². The Morgan fingerprint density at radius 3 is 1.92 bits per heavy atom. The first-order valence-electron chi connectivity index (χ1n) is 3.22. The minimum absolute atomic E-state index is 0. The molecule has 13 heavy (non-hydrogen) atoms. The number of Topliss-reactive ketones (excluding diaryl/α,β-unsaturated/α-hetero) is 1. The summed E-state index contributed by atoms with van der Waals surface area (Å²) >= 11 is 0. The minimum Gasteiger partial charge on any atom is -0.402 e. The van der Waals surface area contributed by atoms with Crippen molar-refractivity contribution in [3.8, 4) is 12.1 Å². The fourth-order valence-electron chi connectivity index (χ4n) is 0.213. The van der Waals surface area contributed by atoms with Crippen LogP contribution >= 0.6 is 0 Å². The van der Waals surface area contributed by atoms with Crippen molar-refractivity contribution in [2.45, 2.75) is 27.7 Å². The summed E-state index contributed by atoms with van der Waals surface area (Å²) in [7, 11) is 0. The fraction of sp³-hybridized carbons (Fsp3) is 0.444. The first-order valence-corrected chi connectivity index (χ1v) is 3.22. The second-order valence-electron chi connectivity index (χ2n) is 2.05. The lowest BCUT2D eigenvalue weighted by molar-refractivity contribution is -0.116. The summed E-state index contributed by atoms with van der Waals surface area (Å²) in [5.74, 6) is -0.0718. The van der Waals surface area contributed by atoms with Crippen LogP contribution < -0.4 is 5.73 Å². The van der Waals surface area contributed by atoms with Gasteiger partial charge >= 0.3 is 0 Å². The number of nitrogens with zero attached hydrogens (tertiary/aromatic N) is 2. The van der Waals surface area contributed by atoms with Gasteiger partial charge in [0.2, 0.25) is 0 Å². The quantitative estimate of drug-likeness (QED) is 0.620. The average molecular weight is 181 g/mol. The molecule has 0 spiro atoms. The zero-order chi connectivity index (χ0) is 9.98. The lowest BCUT2D eigenvalue weighted by Crippen LogP contribution is -1.87. The normalized spacial score (nSPS) is 7.85. The third kappa shape index (κ3) is 38.9. The molecule has 0 aromatic rings. The van der Waals surface area contributed by atoms with Crippen molar-refractivity contribution in [3.63, 3.8) is 0 Å². The highest BCUT2D eigenvalue weighted by atomic mass is 16.1. The molecule has 4 heteroatoms. The summed E-state index contributed by atoms with van der Waals surface area (Å²) in [6.45, 7) is 3.06. The van der Waals surface area contributed by atoms with E-state index in [-0.39, 0.29) is 19.6 Å². The van der Waals surface area contributed by atoms with Crippen LogP contribution in [0.25, 0.3) is 0 Å². The van der Waals surface area contributed by atoms with Crippen molar-refractivity contribution >= 4 is 5.78 Å². The standard InChI is InChI=1S/C4H6N2.C4H5NO.CH4/c2*1-4(6)2-3-5;/h2H,6H2,1H3;2H2,1H3;1H4. The fourth-order valence-corrected chi connectivity index (χ4v) is 0.213. The summed E-state index contributed by atoms with van der Waals surface area (Å²) in [6.07, 6.45) is 1.33. The molecule has 0 amide bonds. The van der Waals surface area contributed by atoms with E-state index in [9.17, 15) is 4.79 Å². The van der Waals surface area contributed by atoms with Crippen LogP contribution in [-0.2, 0) is 4.79 Å². The van der Waals surface area contributed by atoms with Gasteiger partial charge in [-0.3, -0.25) is 4.79 Å². The molecular weight excluding hydrogens is 166 g/mol. The molecule has 0 heterocycles. The van der Waals surface area contributed by atoms with Gasteiger partial charge in [0, 0.05) is 11.8 Å². The highest BCUT2D eigenvalue weighted by Crippen LogP contribution is 1.72. The molecule has 0 saturated carbocycles. The molecule has 0 radical (unpaired) electrons. The summed E-state index contributed by atoms with van der Waals surface area (Å²) in [4.78, 5) is 9.82. The van der Waals surface area contributed by atoms with E-state index in [0.29, 0.717) is 5.70 Å². The molecule has 0 aromatic carbocycles. The van der Waals surface area contributed by atoms with Crippen molar-refractivity contribution in [3.05, 3.63) is 11.8 Å². The van der Waals surface area contributed by atoms with Gasteiger partial charge in [0.05, 0.1) is 18.6 Å². The third-order valence-electron chi connectivity index (χ3n) is 0.620. The Morgan fingerprint density at radius 2 is 1.92 bits per heavy atom. The molecule has 0 aromatic heterocycles. The van der Waals surface area contributed by atoms with Gasteiger partial charge in [0.15, 0.2) is 0 Å². The van der Waals surface area contributed by atoms with E-state index >= 15 is 0 Å². The Bertz CT molecular complexity index is 239. The SMILES string of the molecule is C.CC(=O)CC#N.CC(N)=CC#N. The lowest BCUT2D eigenvalue weighted by atomic mass is 10.3. The molecule has 4 nitrogen and oxygen atoms in total. The summed E-state index contributed by atoms with van der Waals surface area (Å²) in [5.41, 5.74) is 5.59. The van der Waals surface area contributed by atoms with Gasteiger partial charge in [0.25, 0.3) is 0 Å². The number of ketones is 1. The predicted molar refractivity (Wildman–Crippen MR) is 51.2 cm³/mol. The van der Waals surface area contributed by atoms with Crippen molar-refractivity contribution in [1.29, 1.82) is 10.5 Å². The maximum atomic E-state index is 9.82. The molecule has 0 fully saturated rings. The second-order valence-corrected chi connectivity index (χ2v) is 2.05. The van der Waals surface area contributed by atoms with Crippen LogP contribution in [0.4, 0.5) is 0 Å². The molecule has 0 aliphatic carbocycles. The smallest absolute Gasteiger partial charge is 0.143 e. The topological polar surface area (TPSA) is 90.7 Å². The highest BCUT2D eigenvalue weighted by molar-refractivity contribution is 5.77. The molecule has 0 bridgehead atoms. The Morgan fingerprint density at radius 1 is 1.46 bits per heavy atom. The monoisotopic (exact) mass is 181 g/mol. The molecule has 0 saturated heterocycles. The number of carbonyl (C=O) groups is 1. The molecular formula is C9H15N3O. The van der Waals surface area contributed by atoms with Crippen molar-refractivity contribution < 1.29 is 4.79 Å². The zero-order valence-corrected chi connectivity index (χ0v) is 7.16. The number of nitriles is 2. The second kappa shape index (κ2) is 12.8. The van der Waals surface area contributed by atoms with Crippen LogP contribution in [0, 0.1) is 22.7 Å². The van der Waals surface area contributed by atoms with Crippen LogP contribution in [-0.4, -0.2) is 5.78 Å². The Hall–Kier alpha value is -1.81. The number of hydrogen-bond donors (Lipinski definition) is 1. The van der Waals surface area contributed by atoms with E-state index in [4.69, 9.17) is 16.3 Å². The molecule has 0 aliphatic rings. The molecule has 0 aliphatic heterocycles. The predicted octanol–water partition coefficient (Wildman–Crippen LogP) is 1.50. The Kier molecular flexibility index (Phi) is 17.1. The first-order chi connectivity index (χ1) is 5.54. The van der Waals surface area contributed by atoms with Crippen molar-refractivity contribution in [2.75, 3.05) is 0 Å². The van der Waals surface area contributed by atoms with Crippen molar-refractivity contribution in [2.24, 2.45) is 5.73 Å². The van der Waals surface area contributed by atoms with Crippen LogP contribution in [0.2, 0.25) is 0 Å².